The summed E-state index contributed by atoms with van der Waals surface area (Å²) >= 11 is 0. The van der Waals surface area contributed by atoms with E-state index in [0.717, 1.165) is 0 Å². The van der Waals surface area contributed by atoms with Gasteiger partial charge in [0.2, 0.25) is 0 Å². The summed E-state index contributed by atoms with van der Waals surface area (Å²) in [6.07, 6.45) is 1.69. The molecule has 1 fully saturated rings. The quantitative estimate of drug-likeness (QED) is 0.340. The van der Waals surface area contributed by atoms with E-state index in [2.05, 4.69) is 0 Å². The van der Waals surface area contributed by atoms with Gasteiger partial charge in [-0.3, -0.25) is 29.1 Å². The van der Waals surface area contributed by atoms with Crippen molar-refractivity contribution in [2.45, 2.75) is 78.9 Å². The lowest BCUT2D eigenvalue weighted by Crippen LogP contribution is -2.65. The van der Waals surface area contributed by atoms with Crippen molar-refractivity contribution in [2.24, 2.45) is 0 Å². The maximum absolute atomic E-state index is 12.6. The molecule has 30 heavy (non-hydrogen) atoms. The fraction of sp³-hybridized carbons (Fsp3) is 0.857. The van der Waals surface area contributed by atoms with Crippen molar-refractivity contribution in [3.63, 3.8) is 0 Å². The first-order valence-electron chi connectivity index (χ1n) is 11.1. The molecule has 0 amide bonds. The maximum Gasteiger partial charge on any atom is 0.323 e. The lowest BCUT2D eigenvalue weighted by molar-refractivity contribution is -0.169. The van der Waals surface area contributed by atoms with Crippen LogP contribution in [-0.4, -0.2) is 90.6 Å². The van der Waals surface area contributed by atoms with Crippen molar-refractivity contribution in [3.05, 3.63) is 0 Å². The van der Waals surface area contributed by atoms with Gasteiger partial charge in [-0.2, -0.15) is 0 Å². The standard InChI is InChI=1S/C21H39N3O6/c1-7-16(19(25)28-10-4)22-13-23(17(8-2)20(26)29-11-5)15-24(14-22)18(9-3)21(27)30-12-6/h16-18H,7-15H2,1-6H3. The van der Waals surface area contributed by atoms with Crippen LogP contribution in [0.4, 0.5) is 0 Å². The molecule has 1 saturated heterocycles. The molecule has 0 radical (unpaired) electrons. The lowest BCUT2D eigenvalue weighted by Gasteiger charge is -2.48. The SMILES string of the molecule is CCOC(=O)C(CC)N1CN(C(CC)C(=O)OCC)CN(C(CC)C(=O)OCC)C1. The third-order valence-corrected chi connectivity index (χ3v) is 5.25. The van der Waals surface area contributed by atoms with Gasteiger partial charge in [-0.1, -0.05) is 20.8 Å². The van der Waals surface area contributed by atoms with Gasteiger partial charge in [-0.25, -0.2) is 0 Å². The molecule has 0 N–H and O–H groups in total. The molecule has 3 atom stereocenters. The van der Waals surface area contributed by atoms with Gasteiger partial charge in [0.15, 0.2) is 0 Å². The second-order valence-corrected chi connectivity index (χ2v) is 7.22. The van der Waals surface area contributed by atoms with Crippen LogP contribution in [0.15, 0.2) is 0 Å². The highest BCUT2D eigenvalue weighted by Gasteiger charge is 2.40. The molecular weight excluding hydrogens is 390 g/mol. The van der Waals surface area contributed by atoms with E-state index in [-0.39, 0.29) is 17.9 Å². The van der Waals surface area contributed by atoms with Gasteiger partial charge < -0.3 is 14.2 Å². The molecule has 174 valence electrons. The Bertz CT molecular complexity index is 477. The van der Waals surface area contributed by atoms with Crippen molar-refractivity contribution in [3.8, 4) is 0 Å². The molecule has 0 aromatic heterocycles. The van der Waals surface area contributed by atoms with Crippen molar-refractivity contribution in [1.82, 2.24) is 14.7 Å². The molecule has 1 aliphatic heterocycles. The largest absolute Gasteiger partial charge is 0.465 e. The van der Waals surface area contributed by atoms with Crippen molar-refractivity contribution in [1.29, 1.82) is 0 Å². The van der Waals surface area contributed by atoms with E-state index in [1.165, 1.54) is 0 Å². The molecule has 1 rings (SSSR count). The van der Waals surface area contributed by atoms with Gasteiger partial charge in [0.1, 0.15) is 18.1 Å². The van der Waals surface area contributed by atoms with Crippen LogP contribution < -0.4 is 0 Å². The molecule has 3 unspecified atom stereocenters. The average molecular weight is 430 g/mol. The number of carbonyl (C=O) groups is 3. The molecule has 0 spiro atoms. The van der Waals surface area contributed by atoms with Crippen LogP contribution in [0.25, 0.3) is 0 Å². The number of carbonyl (C=O) groups excluding carboxylic acids is 3. The highest BCUT2D eigenvalue weighted by Crippen LogP contribution is 2.22. The second-order valence-electron chi connectivity index (χ2n) is 7.22. The Kier molecular flexibility index (Phi) is 11.9. The molecule has 0 aliphatic carbocycles. The van der Waals surface area contributed by atoms with E-state index in [1.807, 2.05) is 35.5 Å². The Morgan fingerprint density at radius 1 is 0.567 bits per heavy atom. The van der Waals surface area contributed by atoms with Gasteiger partial charge in [-0.05, 0) is 40.0 Å². The highest BCUT2D eigenvalue weighted by molar-refractivity contribution is 5.77. The van der Waals surface area contributed by atoms with Crippen LogP contribution in [0.5, 0.6) is 0 Å². The second kappa shape index (κ2) is 13.6. The van der Waals surface area contributed by atoms with E-state index >= 15 is 0 Å². The van der Waals surface area contributed by atoms with Gasteiger partial charge in [0.25, 0.3) is 0 Å². The predicted octanol–water partition coefficient (Wildman–Crippen LogP) is 1.80. The minimum Gasteiger partial charge on any atom is -0.465 e. The summed E-state index contributed by atoms with van der Waals surface area (Å²) in [5.41, 5.74) is 0. The number of ether oxygens (including phenoxy) is 3. The molecule has 0 aromatic rings. The molecule has 0 aromatic carbocycles. The van der Waals surface area contributed by atoms with Crippen molar-refractivity contribution >= 4 is 17.9 Å². The Hall–Kier alpha value is -1.71. The minimum atomic E-state index is -0.463. The minimum absolute atomic E-state index is 0.296. The topological polar surface area (TPSA) is 88.6 Å². The normalized spacial score (nSPS) is 19.0. The van der Waals surface area contributed by atoms with Gasteiger partial charge in [0.05, 0.1) is 39.8 Å². The summed E-state index contributed by atoms with van der Waals surface area (Å²) in [7, 11) is 0. The number of hydrogen-bond donors (Lipinski definition) is 0. The zero-order chi connectivity index (χ0) is 22.7. The fourth-order valence-electron chi connectivity index (χ4n) is 3.86. The van der Waals surface area contributed by atoms with Crippen LogP contribution in [0, 0.1) is 0 Å². The molecular formula is C21H39N3O6. The summed E-state index contributed by atoms with van der Waals surface area (Å²) in [6, 6.07) is -1.39. The summed E-state index contributed by atoms with van der Waals surface area (Å²) in [6.45, 7) is 13.2. The van der Waals surface area contributed by atoms with E-state index < -0.39 is 18.1 Å². The van der Waals surface area contributed by atoms with Crippen molar-refractivity contribution in [2.75, 3.05) is 39.8 Å². The lowest BCUT2D eigenvalue weighted by atomic mass is 10.1. The number of esters is 3. The average Bonchev–Trinajstić information content (AvgIpc) is 2.70. The van der Waals surface area contributed by atoms with Crippen molar-refractivity contribution < 1.29 is 28.6 Å². The van der Waals surface area contributed by atoms with Gasteiger partial charge in [0, 0.05) is 0 Å². The number of hydrogen-bond acceptors (Lipinski definition) is 9. The zero-order valence-electron chi connectivity index (χ0n) is 19.4. The van der Waals surface area contributed by atoms with E-state index in [1.54, 1.807) is 20.8 Å². The predicted molar refractivity (Wildman–Crippen MR) is 112 cm³/mol. The van der Waals surface area contributed by atoms with Crippen LogP contribution in [0.2, 0.25) is 0 Å². The van der Waals surface area contributed by atoms with Crippen LogP contribution >= 0.6 is 0 Å². The van der Waals surface area contributed by atoms with E-state index in [0.29, 0.717) is 59.1 Å². The fourth-order valence-corrected chi connectivity index (χ4v) is 3.86. The molecule has 1 aliphatic rings. The maximum atomic E-state index is 12.6. The number of rotatable bonds is 12. The molecule has 9 nitrogen and oxygen atoms in total. The Labute approximate surface area is 180 Å². The first-order valence-corrected chi connectivity index (χ1v) is 11.1. The molecule has 1 heterocycles. The monoisotopic (exact) mass is 429 g/mol. The highest BCUT2D eigenvalue weighted by atomic mass is 16.5. The summed E-state index contributed by atoms with van der Waals surface area (Å²) < 4.78 is 15.8. The third kappa shape index (κ3) is 6.92. The van der Waals surface area contributed by atoms with Gasteiger partial charge >= 0.3 is 17.9 Å². The summed E-state index contributed by atoms with van der Waals surface area (Å²) in [5, 5.41) is 0. The third-order valence-electron chi connectivity index (χ3n) is 5.25. The van der Waals surface area contributed by atoms with Crippen LogP contribution in [0.1, 0.15) is 60.8 Å². The Balaban J connectivity index is 3.21. The Morgan fingerprint density at radius 3 is 0.967 bits per heavy atom. The first-order chi connectivity index (χ1) is 14.4. The molecule has 9 heteroatoms. The molecule has 0 bridgehead atoms. The first kappa shape index (κ1) is 26.3. The Morgan fingerprint density at radius 2 is 0.800 bits per heavy atom. The van der Waals surface area contributed by atoms with E-state index in [9.17, 15) is 14.4 Å². The summed E-state index contributed by atoms with van der Waals surface area (Å²) in [4.78, 5) is 43.6. The van der Waals surface area contributed by atoms with Crippen LogP contribution in [0.3, 0.4) is 0 Å². The van der Waals surface area contributed by atoms with Crippen LogP contribution in [-0.2, 0) is 28.6 Å². The zero-order valence-corrected chi connectivity index (χ0v) is 19.4. The summed E-state index contributed by atoms with van der Waals surface area (Å²) in [5.74, 6) is -0.888. The molecule has 0 saturated carbocycles. The van der Waals surface area contributed by atoms with Gasteiger partial charge in [-0.15, -0.1) is 0 Å². The van der Waals surface area contributed by atoms with E-state index in [4.69, 9.17) is 14.2 Å². The number of nitrogens with zero attached hydrogens (tertiary/aromatic N) is 3. The smallest absolute Gasteiger partial charge is 0.323 e.